The van der Waals surface area contributed by atoms with E-state index in [9.17, 15) is 4.79 Å². The molecule has 4 heteroatoms. The van der Waals surface area contributed by atoms with Gasteiger partial charge in [0.1, 0.15) is 0 Å². The molecule has 1 fully saturated rings. The number of rotatable bonds is 2. The van der Waals surface area contributed by atoms with Crippen LogP contribution in [0.15, 0.2) is 24.4 Å². The highest BCUT2D eigenvalue weighted by molar-refractivity contribution is 5.87. The van der Waals surface area contributed by atoms with Gasteiger partial charge in [-0.2, -0.15) is 5.10 Å². The van der Waals surface area contributed by atoms with Crippen molar-refractivity contribution in [2.45, 2.75) is 25.7 Å². The van der Waals surface area contributed by atoms with Crippen LogP contribution in [0.25, 0.3) is 0 Å². The molecule has 1 amide bonds. The predicted octanol–water partition coefficient (Wildman–Crippen LogP) is 1.69. The first kappa shape index (κ1) is 10.9. The molecule has 1 aromatic rings. The van der Waals surface area contributed by atoms with Crippen molar-refractivity contribution in [1.29, 1.82) is 0 Å². The molecule has 2 heterocycles. The molecule has 86 valence electrons. The van der Waals surface area contributed by atoms with E-state index in [4.69, 9.17) is 0 Å². The fourth-order valence-electron chi connectivity index (χ4n) is 2.17. The number of nitrogens with zero attached hydrogens (tertiary/aromatic N) is 2. The van der Waals surface area contributed by atoms with E-state index in [1.165, 1.54) is 0 Å². The van der Waals surface area contributed by atoms with Gasteiger partial charge in [0.15, 0.2) is 0 Å². The van der Waals surface area contributed by atoms with Crippen molar-refractivity contribution in [3.63, 3.8) is 0 Å². The minimum Gasteiger partial charge on any atom is -0.339 e. The number of piperidine rings is 1. The van der Waals surface area contributed by atoms with Crippen LogP contribution in [-0.4, -0.2) is 34.1 Å². The highest BCUT2D eigenvalue weighted by atomic mass is 16.2. The van der Waals surface area contributed by atoms with E-state index in [1.54, 1.807) is 18.3 Å². The molecule has 1 N–H and O–H groups in total. The molecule has 1 saturated heterocycles. The number of hydrogen-bond acceptors (Lipinski definition) is 2. The topological polar surface area (TPSA) is 49.0 Å². The minimum absolute atomic E-state index is 0.117. The summed E-state index contributed by atoms with van der Waals surface area (Å²) in [6.07, 6.45) is 7.38. The summed E-state index contributed by atoms with van der Waals surface area (Å²) < 4.78 is 0. The van der Waals surface area contributed by atoms with Crippen molar-refractivity contribution in [3.05, 3.63) is 30.1 Å². The van der Waals surface area contributed by atoms with Gasteiger partial charge in [-0.1, -0.05) is 6.08 Å². The Morgan fingerprint density at radius 2 is 2.56 bits per heavy atom. The monoisotopic (exact) mass is 219 g/mol. The summed E-state index contributed by atoms with van der Waals surface area (Å²) in [6.45, 7) is 3.54. The van der Waals surface area contributed by atoms with Gasteiger partial charge in [-0.3, -0.25) is 9.89 Å². The molecule has 16 heavy (non-hydrogen) atoms. The summed E-state index contributed by atoms with van der Waals surface area (Å²) in [6, 6.07) is 1.99. The molecule has 0 radical (unpaired) electrons. The van der Waals surface area contributed by atoms with Gasteiger partial charge < -0.3 is 4.90 Å². The van der Waals surface area contributed by atoms with E-state index < -0.39 is 0 Å². The van der Waals surface area contributed by atoms with Gasteiger partial charge in [0, 0.05) is 30.9 Å². The molecule has 1 aliphatic rings. The Hall–Kier alpha value is -1.58. The number of allylic oxidation sites excluding steroid dienone is 1. The Kier molecular flexibility index (Phi) is 3.39. The van der Waals surface area contributed by atoms with Crippen molar-refractivity contribution in [2.24, 2.45) is 0 Å². The van der Waals surface area contributed by atoms with Crippen molar-refractivity contribution in [2.75, 3.05) is 13.1 Å². The maximum Gasteiger partial charge on any atom is 0.246 e. The van der Waals surface area contributed by atoms with Gasteiger partial charge in [-0.25, -0.2) is 0 Å². The van der Waals surface area contributed by atoms with E-state index >= 15 is 0 Å². The van der Waals surface area contributed by atoms with Crippen LogP contribution in [-0.2, 0) is 4.79 Å². The number of amides is 1. The number of likely N-dealkylation sites (tertiary alicyclic amines) is 1. The number of hydrogen-bond donors (Lipinski definition) is 1. The van der Waals surface area contributed by atoms with Gasteiger partial charge in [-0.05, 0) is 31.9 Å². The predicted molar refractivity (Wildman–Crippen MR) is 62.0 cm³/mol. The zero-order valence-corrected chi connectivity index (χ0v) is 9.52. The van der Waals surface area contributed by atoms with Crippen molar-refractivity contribution in [1.82, 2.24) is 15.1 Å². The van der Waals surface area contributed by atoms with Crippen LogP contribution >= 0.6 is 0 Å². The highest BCUT2D eigenvalue weighted by Crippen LogP contribution is 2.25. The van der Waals surface area contributed by atoms with E-state index in [2.05, 4.69) is 10.2 Å². The molecule has 0 aliphatic carbocycles. The molecular weight excluding hydrogens is 202 g/mol. The molecule has 0 spiro atoms. The Labute approximate surface area is 95.3 Å². The summed E-state index contributed by atoms with van der Waals surface area (Å²) >= 11 is 0. The summed E-state index contributed by atoms with van der Waals surface area (Å²) in [7, 11) is 0. The normalized spacial score (nSPS) is 21.6. The lowest BCUT2D eigenvalue weighted by Crippen LogP contribution is -2.38. The fraction of sp³-hybridized carbons (Fsp3) is 0.500. The average Bonchev–Trinajstić information content (AvgIpc) is 2.83. The van der Waals surface area contributed by atoms with Gasteiger partial charge >= 0.3 is 0 Å². The zero-order valence-electron chi connectivity index (χ0n) is 9.52. The van der Waals surface area contributed by atoms with E-state index in [0.717, 1.165) is 31.6 Å². The van der Waals surface area contributed by atoms with Gasteiger partial charge in [0.2, 0.25) is 5.91 Å². The van der Waals surface area contributed by atoms with Crippen LogP contribution in [0, 0.1) is 0 Å². The third kappa shape index (κ3) is 2.32. The third-order valence-electron chi connectivity index (χ3n) is 3.00. The summed E-state index contributed by atoms with van der Waals surface area (Å²) in [5.74, 6) is 0.525. The van der Waals surface area contributed by atoms with Crippen LogP contribution in [0.2, 0.25) is 0 Å². The number of carbonyl (C=O) groups is 1. The van der Waals surface area contributed by atoms with Crippen molar-refractivity contribution in [3.8, 4) is 0 Å². The number of aromatic amines is 1. The van der Waals surface area contributed by atoms with E-state index in [-0.39, 0.29) is 5.91 Å². The molecule has 1 aliphatic heterocycles. The number of nitrogens with one attached hydrogen (secondary N) is 1. The number of carbonyl (C=O) groups excluding carboxylic acids is 1. The molecule has 1 unspecified atom stereocenters. The van der Waals surface area contributed by atoms with Crippen molar-refractivity contribution >= 4 is 5.91 Å². The Morgan fingerprint density at radius 1 is 1.69 bits per heavy atom. The fourth-order valence-corrected chi connectivity index (χ4v) is 2.17. The summed E-state index contributed by atoms with van der Waals surface area (Å²) in [5, 5.41) is 6.95. The van der Waals surface area contributed by atoms with Gasteiger partial charge in [-0.15, -0.1) is 0 Å². The Morgan fingerprint density at radius 3 is 3.25 bits per heavy atom. The zero-order chi connectivity index (χ0) is 11.4. The van der Waals surface area contributed by atoms with Crippen LogP contribution in [0.5, 0.6) is 0 Å². The van der Waals surface area contributed by atoms with Gasteiger partial charge in [0.25, 0.3) is 0 Å². The van der Waals surface area contributed by atoms with Crippen LogP contribution < -0.4 is 0 Å². The maximum atomic E-state index is 11.7. The lowest BCUT2D eigenvalue weighted by Gasteiger charge is -2.31. The van der Waals surface area contributed by atoms with Crippen LogP contribution in [0.4, 0.5) is 0 Å². The summed E-state index contributed by atoms with van der Waals surface area (Å²) in [5.41, 5.74) is 1.14. The summed E-state index contributed by atoms with van der Waals surface area (Å²) in [4.78, 5) is 13.6. The second-order valence-electron chi connectivity index (χ2n) is 4.14. The molecular formula is C12H17N3O. The molecule has 0 bridgehead atoms. The average molecular weight is 219 g/mol. The smallest absolute Gasteiger partial charge is 0.246 e. The second kappa shape index (κ2) is 4.96. The molecule has 0 saturated carbocycles. The Bertz CT molecular complexity index is 370. The standard InChI is InChI=1S/C12H17N3O/c1-2-4-12(16)15-8-3-5-10(9-15)11-6-7-13-14-11/h2,4,6-7,10H,3,5,8-9H2,1H3,(H,13,14). The van der Waals surface area contributed by atoms with Crippen molar-refractivity contribution < 1.29 is 4.79 Å². The number of aromatic nitrogens is 2. The number of H-pyrrole nitrogens is 1. The molecule has 4 nitrogen and oxygen atoms in total. The first-order valence-electron chi connectivity index (χ1n) is 5.72. The largest absolute Gasteiger partial charge is 0.339 e. The second-order valence-corrected chi connectivity index (χ2v) is 4.14. The van der Waals surface area contributed by atoms with E-state index in [0.29, 0.717) is 5.92 Å². The van der Waals surface area contributed by atoms with Crippen LogP contribution in [0.1, 0.15) is 31.4 Å². The molecule has 2 rings (SSSR count). The lowest BCUT2D eigenvalue weighted by atomic mass is 9.95. The van der Waals surface area contributed by atoms with E-state index in [1.807, 2.05) is 17.9 Å². The molecule has 0 aromatic carbocycles. The first-order valence-corrected chi connectivity index (χ1v) is 5.72. The van der Waals surface area contributed by atoms with Gasteiger partial charge in [0.05, 0.1) is 0 Å². The third-order valence-corrected chi connectivity index (χ3v) is 3.00. The Balaban J connectivity index is 2.02. The van der Waals surface area contributed by atoms with Crippen LogP contribution in [0.3, 0.4) is 0 Å². The lowest BCUT2D eigenvalue weighted by molar-refractivity contribution is -0.127. The molecule has 1 atom stereocenters. The highest BCUT2D eigenvalue weighted by Gasteiger charge is 2.24. The quantitative estimate of drug-likeness (QED) is 0.769. The minimum atomic E-state index is 0.117. The SMILES string of the molecule is CC=CC(=O)N1CCCC(c2ccn[nH]2)C1. The maximum absolute atomic E-state index is 11.7. The first-order chi connectivity index (χ1) is 7.81. The molecule has 1 aromatic heterocycles.